The fraction of sp³-hybridized carbons (Fsp3) is 0.118. The summed E-state index contributed by atoms with van der Waals surface area (Å²) < 4.78 is 17.8. The van der Waals surface area contributed by atoms with Crippen LogP contribution in [-0.2, 0) is 4.79 Å². The molecule has 0 fully saturated rings. The largest absolute Gasteiger partial charge is 0.482 e. The fourth-order valence-electron chi connectivity index (χ4n) is 1.80. The number of carboxylic acids is 1. The molecular formula is C17H15FN2O4. The summed E-state index contributed by atoms with van der Waals surface area (Å²) in [6, 6.07) is 11.7. The highest BCUT2D eigenvalue weighted by Gasteiger charge is 2.05. The first-order valence-electron chi connectivity index (χ1n) is 7.01. The molecule has 0 aromatic heterocycles. The van der Waals surface area contributed by atoms with Crippen molar-refractivity contribution in [1.29, 1.82) is 0 Å². The SMILES string of the molecule is C/C(=N/NC(=O)c1ccc(F)cc1)c1ccc(OCC(=O)O)cc1. The molecule has 1 amide bonds. The Kier molecular flexibility index (Phi) is 5.62. The van der Waals surface area contributed by atoms with Crippen molar-refractivity contribution in [2.45, 2.75) is 6.92 Å². The quantitative estimate of drug-likeness (QED) is 0.629. The Hall–Kier alpha value is -3.22. The number of benzene rings is 2. The molecule has 0 saturated carbocycles. The lowest BCUT2D eigenvalue weighted by atomic mass is 10.1. The molecular weight excluding hydrogens is 315 g/mol. The monoisotopic (exact) mass is 330 g/mol. The lowest BCUT2D eigenvalue weighted by Crippen LogP contribution is -2.19. The molecule has 0 atom stereocenters. The lowest BCUT2D eigenvalue weighted by Gasteiger charge is -2.06. The molecule has 0 saturated heterocycles. The van der Waals surface area contributed by atoms with Gasteiger partial charge < -0.3 is 9.84 Å². The number of amides is 1. The van der Waals surface area contributed by atoms with E-state index in [-0.39, 0.29) is 0 Å². The number of carboxylic acid groups (broad SMARTS) is 1. The van der Waals surface area contributed by atoms with Gasteiger partial charge in [0.25, 0.3) is 5.91 Å². The molecule has 0 bridgehead atoms. The number of rotatable bonds is 6. The standard InChI is InChI=1S/C17H15FN2O4/c1-11(12-4-8-15(9-5-12)24-10-16(21)22)19-20-17(23)13-2-6-14(18)7-3-13/h2-9H,10H2,1H3,(H,20,23)(H,21,22)/b19-11-. The first-order chi connectivity index (χ1) is 11.5. The summed E-state index contributed by atoms with van der Waals surface area (Å²) in [7, 11) is 0. The summed E-state index contributed by atoms with van der Waals surface area (Å²) in [6.07, 6.45) is 0. The minimum atomic E-state index is -1.06. The topological polar surface area (TPSA) is 88.0 Å². The van der Waals surface area contributed by atoms with E-state index in [1.54, 1.807) is 31.2 Å². The number of carbonyl (C=O) groups is 2. The number of halogens is 1. The predicted molar refractivity (Wildman–Crippen MR) is 85.7 cm³/mol. The van der Waals surface area contributed by atoms with Crippen molar-refractivity contribution < 1.29 is 23.8 Å². The first-order valence-corrected chi connectivity index (χ1v) is 7.01. The van der Waals surface area contributed by atoms with Crippen LogP contribution in [0.3, 0.4) is 0 Å². The van der Waals surface area contributed by atoms with E-state index in [2.05, 4.69) is 10.5 Å². The minimum Gasteiger partial charge on any atom is -0.482 e. The average molecular weight is 330 g/mol. The van der Waals surface area contributed by atoms with Crippen molar-refractivity contribution in [3.05, 3.63) is 65.5 Å². The number of nitrogens with zero attached hydrogens (tertiary/aromatic N) is 1. The molecule has 2 aromatic rings. The van der Waals surface area contributed by atoms with Gasteiger partial charge in [-0.25, -0.2) is 14.6 Å². The Bertz CT molecular complexity index is 755. The van der Waals surface area contributed by atoms with Gasteiger partial charge in [0.15, 0.2) is 6.61 Å². The van der Waals surface area contributed by atoms with E-state index in [1.165, 1.54) is 24.3 Å². The van der Waals surface area contributed by atoms with E-state index >= 15 is 0 Å². The van der Waals surface area contributed by atoms with E-state index in [9.17, 15) is 14.0 Å². The van der Waals surface area contributed by atoms with E-state index in [4.69, 9.17) is 9.84 Å². The highest BCUT2D eigenvalue weighted by molar-refractivity contribution is 6.00. The molecule has 24 heavy (non-hydrogen) atoms. The molecule has 0 unspecified atom stereocenters. The Morgan fingerprint density at radius 2 is 1.67 bits per heavy atom. The molecule has 2 aromatic carbocycles. The number of hydrogen-bond donors (Lipinski definition) is 2. The molecule has 6 nitrogen and oxygen atoms in total. The van der Waals surface area contributed by atoms with Crippen LogP contribution in [-0.4, -0.2) is 29.3 Å². The fourth-order valence-corrected chi connectivity index (χ4v) is 1.80. The van der Waals surface area contributed by atoms with Gasteiger partial charge in [-0.3, -0.25) is 4.79 Å². The van der Waals surface area contributed by atoms with Crippen LogP contribution < -0.4 is 10.2 Å². The number of carbonyl (C=O) groups excluding carboxylic acids is 1. The molecule has 0 heterocycles. The molecule has 124 valence electrons. The third-order valence-corrected chi connectivity index (χ3v) is 3.07. The van der Waals surface area contributed by atoms with Crippen molar-refractivity contribution in [2.24, 2.45) is 5.10 Å². The molecule has 7 heteroatoms. The van der Waals surface area contributed by atoms with E-state index in [0.29, 0.717) is 17.0 Å². The summed E-state index contributed by atoms with van der Waals surface area (Å²) >= 11 is 0. The second kappa shape index (κ2) is 7.87. The smallest absolute Gasteiger partial charge is 0.341 e. The number of nitrogens with one attached hydrogen (secondary N) is 1. The average Bonchev–Trinajstić information content (AvgIpc) is 2.58. The Morgan fingerprint density at radius 1 is 1.08 bits per heavy atom. The van der Waals surface area contributed by atoms with Gasteiger partial charge in [-0.05, 0) is 61.0 Å². The van der Waals surface area contributed by atoms with Crippen molar-refractivity contribution in [1.82, 2.24) is 5.43 Å². The Balaban J connectivity index is 1.98. The summed E-state index contributed by atoms with van der Waals surface area (Å²) in [5.41, 5.74) is 3.97. The van der Waals surface area contributed by atoms with E-state index < -0.39 is 24.3 Å². The summed E-state index contributed by atoms with van der Waals surface area (Å²) in [4.78, 5) is 22.3. The third kappa shape index (κ3) is 4.91. The molecule has 0 aliphatic carbocycles. The van der Waals surface area contributed by atoms with Gasteiger partial charge in [0.05, 0.1) is 5.71 Å². The van der Waals surface area contributed by atoms with E-state index in [1.807, 2.05) is 0 Å². The van der Waals surface area contributed by atoms with Crippen LogP contribution in [0.1, 0.15) is 22.8 Å². The first kappa shape index (κ1) is 17.1. The van der Waals surface area contributed by atoms with Crippen LogP contribution in [0.4, 0.5) is 4.39 Å². The van der Waals surface area contributed by atoms with Gasteiger partial charge in [0, 0.05) is 5.56 Å². The maximum Gasteiger partial charge on any atom is 0.341 e. The van der Waals surface area contributed by atoms with Crippen molar-refractivity contribution in [3.63, 3.8) is 0 Å². The van der Waals surface area contributed by atoms with Crippen LogP contribution in [0, 0.1) is 5.82 Å². The van der Waals surface area contributed by atoms with Crippen LogP contribution in [0.25, 0.3) is 0 Å². The van der Waals surface area contributed by atoms with Crippen LogP contribution in [0.5, 0.6) is 5.75 Å². The number of ether oxygens (including phenoxy) is 1. The lowest BCUT2D eigenvalue weighted by molar-refractivity contribution is -0.139. The summed E-state index contributed by atoms with van der Waals surface area (Å²) in [5.74, 6) is -1.50. The van der Waals surface area contributed by atoms with Gasteiger partial charge in [-0.1, -0.05) is 0 Å². The Morgan fingerprint density at radius 3 is 2.25 bits per heavy atom. The maximum atomic E-state index is 12.8. The highest BCUT2D eigenvalue weighted by atomic mass is 19.1. The number of hydrazone groups is 1. The highest BCUT2D eigenvalue weighted by Crippen LogP contribution is 2.12. The minimum absolute atomic E-state index is 0.297. The van der Waals surface area contributed by atoms with Crippen molar-refractivity contribution in [2.75, 3.05) is 6.61 Å². The van der Waals surface area contributed by atoms with E-state index in [0.717, 1.165) is 5.56 Å². The van der Waals surface area contributed by atoms with Crippen molar-refractivity contribution >= 4 is 17.6 Å². The number of aliphatic carboxylic acids is 1. The molecule has 0 aliphatic heterocycles. The van der Waals surface area contributed by atoms with Crippen molar-refractivity contribution in [3.8, 4) is 5.75 Å². The molecule has 2 rings (SSSR count). The van der Waals surface area contributed by atoms with Gasteiger partial charge in [-0.2, -0.15) is 5.10 Å². The summed E-state index contributed by atoms with van der Waals surface area (Å²) in [6.45, 7) is 1.29. The second-order valence-electron chi connectivity index (χ2n) is 4.85. The van der Waals surface area contributed by atoms with Crippen LogP contribution in [0.15, 0.2) is 53.6 Å². The van der Waals surface area contributed by atoms with Gasteiger partial charge in [0.2, 0.25) is 0 Å². The predicted octanol–water partition coefficient (Wildman–Crippen LogP) is 2.44. The molecule has 0 aliphatic rings. The molecule has 0 spiro atoms. The second-order valence-corrected chi connectivity index (χ2v) is 4.85. The molecule has 0 radical (unpaired) electrons. The Labute approximate surface area is 137 Å². The third-order valence-electron chi connectivity index (χ3n) is 3.07. The maximum absolute atomic E-state index is 12.8. The molecule has 2 N–H and O–H groups in total. The zero-order valence-corrected chi connectivity index (χ0v) is 12.8. The van der Waals surface area contributed by atoms with Gasteiger partial charge in [0.1, 0.15) is 11.6 Å². The zero-order chi connectivity index (χ0) is 17.5. The summed E-state index contributed by atoms with van der Waals surface area (Å²) in [5, 5.41) is 12.5. The zero-order valence-electron chi connectivity index (χ0n) is 12.8. The van der Waals surface area contributed by atoms with Crippen LogP contribution in [0.2, 0.25) is 0 Å². The van der Waals surface area contributed by atoms with Gasteiger partial charge >= 0.3 is 5.97 Å². The van der Waals surface area contributed by atoms with Crippen LogP contribution >= 0.6 is 0 Å². The number of hydrogen-bond acceptors (Lipinski definition) is 4. The van der Waals surface area contributed by atoms with Gasteiger partial charge in [-0.15, -0.1) is 0 Å². The normalized spacial score (nSPS) is 11.0.